The van der Waals surface area contributed by atoms with Crippen LogP contribution >= 0.6 is 0 Å². The zero-order valence-corrected chi connectivity index (χ0v) is 12.4. The molecular formula is C14H27N3O. The number of aromatic nitrogens is 2. The standard InChI is InChI=1S/C14H27N3O/c1-6-10-15-13(14(4,5)18-8-3)12-9-11-16-17(12)7-2/h9,11,13,15H,6-8,10H2,1-5H3. The van der Waals surface area contributed by atoms with Crippen molar-refractivity contribution in [2.24, 2.45) is 0 Å². The molecule has 0 fully saturated rings. The van der Waals surface area contributed by atoms with Crippen LogP contribution in [0.2, 0.25) is 0 Å². The summed E-state index contributed by atoms with van der Waals surface area (Å²) in [6, 6.07) is 2.25. The van der Waals surface area contributed by atoms with Gasteiger partial charge in [-0.15, -0.1) is 0 Å². The predicted molar refractivity (Wildman–Crippen MR) is 74.6 cm³/mol. The average molecular weight is 253 g/mol. The maximum atomic E-state index is 5.91. The molecule has 0 aliphatic carbocycles. The second-order valence-electron chi connectivity index (χ2n) is 5.00. The van der Waals surface area contributed by atoms with E-state index in [0.29, 0.717) is 0 Å². The van der Waals surface area contributed by atoms with Crippen LogP contribution in [0, 0.1) is 0 Å². The summed E-state index contributed by atoms with van der Waals surface area (Å²) in [4.78, 5) is 0. The van der Waals surface area contributed by atoms with Gasteiger partial charge in [0.05, 0.1) is 17.3 Å². The number of rotatable bonds is 8. The Morgan fingerprint density at radius 2 is 2.11 bits per heavy atom. The molecule has 1 rings (SSSR count). The molecule has 0 saturated carbocycles. The highest BCUT2D eigenvalue weighted by Gasteiger charge is 2.33. The molecule has 0 saturated heterocycles. The summed E-state index contributed by atoms with van der Waals surface area (Å²) < 4.78 is 7.94. The van der Waals surface area contributed by atoms with Crippen molar-refractivity contribution in [1.82, 2.24) is 15.1 Å². The minimum Gasteiger partial charge on any atom is -0.374 e. The maximum absolute atomic E-state index is 5.91. The molecule has 1 N–H and O–H groups in total. The van der Waals surface area contributed by atoms with Crippen LogP contribution in [0.3, 0.4) is 0 Å². The van der Waals surface area contributed by atoms with E-state index in [-0.39, 0.29) is 11.6 Å². The molecule has 0 aliphatic rings. The summed E-state index contributed by atoms with van der Waals surface area (Å²) in [5.41, 5.74) is 0.959. The highest BCUT2D eigenvalue weighted by Crippen LogP contribution is 2.28. The van der Waals surface area contributed by atoms with Crippen molar-refractivity contribution >= 4 is 0 Å². The molecule has 0 aromatic carbocycles. The molecule has 4 nitrogen and oxygen atoms in total. The van der Waals surface area contributed by atoms with Crippen LogP contribution in [0.1, 0.15) is 52.8 Å². The second kappa shape index (κ2) is 6.90. The quantitative estimate of drug-likeness (QED) is 0.774. The van der Waals surface area contributed by atoms with E-state index in [1.807, 2.05) is 17.8 Å². The Bertz CT molecular complexity index is 347. The molecule has 18 heavy (non-hydrogen) atoms. The van der Waals surface area contributed by atoms with Crippen LogP contribution in [0.25, 0.3) is 0 Å². The SMILES string of the molecule is CCCNC(c1ccnn1CC)C(C)(C)OCC. The number of ether oxygens (including phenoxy) is 1. The smallest absolute Gasteiger partial charge is 0.0835 e. The summed E-state index contributed by atoms with van der Waals surface area (Å²) in [7, 11) is 0. The average Bonchev–Trinajstić information content (AvgIpc) is 2.77. The third kappa shape index (κ3) is 3.56. The van der Waals surface area contributed by atoms with Crippen LogP contribution < -0.4 is 5.32 Å². The van der Waals surface area contributed by atoms with Gasteiger partial charge in [0.25, 0.3) is 0 Å². The van der Waals surface area contributed by atoms with Crippen molar-refractivity contribution in [3.63, 3.8) is 0 Å². The third-order valence-electron chi connectivity index (χ3n) is 3.15. The first-order valence-electron chi connectivity index (χ1n) is 6.95. The maximum Gasteiger partial charge on any atom is 0.0835 e. The van der Waals surface area contributed by atoms with Crippen LogP contribution in [0.5, 0.6) is 0 Å². The van der Waals surface area contributed by atoms with E-state index >= 15 is 0 Å². The normalized spacial score (nSPS) is 13.8. The summed E-state index contributed by atoms with van der Waals surface area (Å²) in [6.07, 6.45) is 2.97. The van der Waals surface area contributed by atoms with Crippen LogP contribution in [0.15, 0.2) is 12.3 Å². The van der Waals surface area contributed by atoms with Gasteiger partial charge in [-0.2, -0.15) is 5.10 Å². The van der Waals surface area contributed by atoms with Crippen LogP contribution in [0.4, 0.5) is 0 Å². The lowest BCUT2D eigenvalue weighted by Gasteiger charge is -2.35. The van der Waals surface area contributed by atoms with Gasteiger partial charge < -0.3 is 10.1 Å². The Morgan fingerprint density at radius 1 is 1.39 bits per heavy atom. The van der Waals surface area contributed by atoms with Crippen molar-refractivity contribution in [3.05, 3.63) is 18.0 Å². The molecule has 1 aromatic rings. The molecule has 1 unspecified atom stereocenters. The fourth-order valence-electron chi connectivity index (χ4n) is 2.30. The number of hydrogen-bond acceptors (Lipinski definition) is 3. The number of nitrogens with one attached hydrogen (secondary N) is 1. The lowest BCUT2D eigenvalue weighted by Crippen LogP contribution is -2.43. The van der Waals surface area contributed by atoms with E-state index in [1.54, 1.807) is 0 Å². The van der Waals surface area contributed by atoms with E-state index in [9.17, 15) is 0 Å². The van der Waals surface area contributed by atoms with Gasteiger partial charge in [-0.25, -0.2) is 0 Å². The highest BCUT2D eigenvalue weighted by atomic mass is 16.5. The minimum absolute atomic E-state index is 0.167. The van der Waals surface area contributed by atoms with Gasteiger partial charge in [0.15, 0.2) is 0 Å². The first-order valence-corrected chi connectivity index (χ1v) is 6.95. The van der Waals surface area contributed by atoms with Crippen molar-refractivity contribution in [3.8, 4) is 0 Å². The zero-order chi connectivity index (χ0) is 13.6. The Kier molecular flexibility index (Phi) is 5.82. The fourth-order valence-corrected chi connectivity index (χ4v) is 2.30. The van der Waals surface area contributed by atoms with E-state index in [1.165, 1.54) is 5.69 Å². The summed E-state index contributed by atoms with van der Waals surface area (Å²) in [6.45, 7) is 13.2. The van der Waals surface area contributed by atoms with Crippen molar-refractivity contribution < 1.29 is 4.74 Å². The molecule has 0 amide bonds. The lowest BCUT2D eigenvalue weighted by molar-refractivity contribution is -0.0411. The van der Waals surface area contributed by atoms with Gasteiger partial charge in [-0.3, -0.25) is 4.68 Å². The fraction of sp³-hybridized carbons (Fsp3) is 0.786. The van der Waals surface area contributed by atoms with Gasteiger partial charge in [-0.05, 0) is 46.7 Å². The van der Waals surface area contributed by atoms with Crippen molar-refractivity contribution in [2.45, 2.75) is 59.2 Å². The molecule has 4 heteroatoms. The lowest BCUT2D eigenvalue weighted by atomic mass is 9.95. The summed E-state index contributed by atoms with van der Waals surface area (Å²) in [5, 5.41) is 7.94. The molecule has 1 aromatic heterocycles. The second-order valence-corrected chi connectivity index (χ2v) is 5.00. The summed E-state index contributed by atoms with van der Waals surface area (Å²) >= 11 is 0. The molecular weight excluding hydrogens is 226 g/mol. The summed E-state index contributed by atoms with van der Waals surface area (Å²) in [5.74, 6) is 0. The molecule has 0 spiro atoms. The number of hydrogen-bond donors (Lipinski definition) is 1. The Labute approximate surface area is 111 Å². The topological polar surface area (TPSA) is 39.1 Å². The minimum atomic E-state index is -0.239. The van der Waals surface area contributed by atoms with Crippen LogP contribution in [-0.2, 0) is 11.3 Å². The van der Waals surface area contributed by atoms with Gasteiger partial charge in [0.2, 0.25) is 0 Å². The van der Waals surface area contributed by atoms with Crippen molar-refractivity contribution in [2.75, 3.05) is 13.2 Å². The van der Waals surface area contributed by atoms with E-state index in [0.717, 1.165) is 26.1 Å². The molecule has 104 valence electrons. The predicted octanol–water partition coefficient (Wildman–Crippen LogP) is 2.76. The number of aryl methyl sites for hydroxylation is 1. The highest BCUT2D eigenvalue weighted by molar-refractivity contribution is 5.12. The van der Waals surface area contributed by atoms with Crippen LogP contribution in [-0.4, -0.2) is 28.5 Å². The molecule has 0 bridgehead atoms. The van der Waals surface area contributed by atoms with E-state index in [2.05, 4.69) is 44.2 Å². The van der Waals surface area contributed by atoms with E-state index < -0.39 is 0 Å². The number of nitrogens with zero attached hydrogens (tertiary/aromatic N) is 2. The van der Waals surface area contributed by atoms with Gasteiger partial charge >= 0.3 is 0 Å². The first kappa shape index (κ1) is 15.2. The molecule has 1 atom stereocenters. The zero-order valence-electron chi connectivity index (χ0n) is 12.4. The molecule has 0 radical (unpaired) electrons. The van der Waals surface area contributed by atoms with Gasteiger partial charge in [0.1, 0.15) is 0 Å². The monoisotopic (exact) mass is 253 g/mol. The van der Waals surface area contributed by atoms with Gasteiger partial charge in [-0.1, -0.05) is 6.92 Å². The van der Waals surface area contributed by atoms with Gasteiger partial charge in [0, 0.05) is 19.3 Å². The Hall–Kier alpha value is -0.870. The Morgan fingerprint density at radius 3 is 2.67 bits per heavy atom. The molecule has 0 aliphatic heterocycles. The third-order valence-corrected chi connectivity index (χ3v) is 3.15. The van der Waals surface area contributed by atoms with Crippen molar-refractivity contribution in [1.29, 1.82) is 0 Å². The van der Waals surface area contributed by atoms with E-state index in [4.69, 9.17) is 4.74 Å². The Balaban J connectivity index is 2.97. The first-order chi connectivity index (χ1) is 8.56. The molecule has 1 heterocycles. The largest absolute Gasteiger partial charge is 0.374 e.